The first-order chi connectivity index (χ1) is 10.1. The van der Waals surface area contributed by atoms with Crippen LogP contribution in [0.25, 0.3) is 22.0 Å². The van der Waals surface area contributed by atoms with Gasteiger partial charge in [-0.2, -0.15) is 5.10 Å². The minimum Gasteiger partial charge on any atom is -0.481 e. The van der Waals surface area contributed by atoms with Gasteiger partial charge in [0.05, 0.1) is 12.1 Å². The Bertz CT molecular complexity index is 777. The molecule has 0 saturated carbocycles. The second-order valence-electron chi connectivity index (χ2n) is 4.60. The molecular weight excluding hydrogens is 286 g/mol. The van der Waals surface area contributed by atoms with E-state index in [1.807, 2.05) is 49.6 Å². The maximum Gasteiger partial charge on any atom is 0.308 e. The van der Waals surface area contributed by atoms with Crippen LogP contribution in [0.3, 0.4) is 0 Å². The fourth-order valence-corrected chi connectivity index (χ4v) is 3.11. The molecule has 0 unspecified atom stereocenters. The van der Waals surface area contributed by atoms with E-state index in [2.05, 4.69) is 10.1 Å². The van der Waals surface area contributed by atoms with Crippen LogP contribution in [0, 0.1) is 0 Å². The lowest BCUT2D eigenvalue weighted by Crippen LogP contribution is -1.99. The van der Waals surface area contributed by atoms with Gasteiger partial charge in [0.1, 0.15) is 10.7 Å². The van der Waals surface area contributed by atoms with Crippen molar-refractivity contribution >= 4 is 17.3 Å². The average Bonchev–Trinajstić information content (AvgIpc) is 3.06. The average molecular weight is 299 g/mol. The lowest BCUT2D eigenvalue weighted by molar-refractivity contribution is -0.136. The zero-order valence-electron chi connectivity index (χ0n) is 11.4. The van der Waals surface area contributed by atoms with E-state index in [1.165, 1.54) is 11.3 Å². The van der Waals surface area contributed by atoms with Gasteiger partial charge in [0.2, 0.25) is 0 Å². The van der Waals surface area contributed by atoms with Crippen LogP contribution in [0.1, 0.15) is 4.88 Å². The topological polar surface area (TPSA) is 68.0 Å². The van der Waals surface area contributed by atoms with Gasteiger partial charge in [-0.05, 0) is 6.07 Å². The van der Waals surface area contributed by atoms with E-state index in [0.29, 0.717) is 0 Å². The molecule has 0 fully saturated rings. The second-order valence-corrected chi connectivity index (χ2v) is 5.69. The number of carboxylic acid groups (broad SMARTS) is 1. The Morgan fingerprint density at radius 3 is 2.67 bits per heavy atom. The molecule has 0 spiro atoms. The van der Waals surface area contributed by atoms with E-state index in [-0.39, 0.29) is 6.42 Å². The highest BCUT2D eigenvalue weighted by atomic mass is 32.1. The molecule has 106 valence electrons. The number of hydrogen-bond donors (Lipinski definition) is 1. The largest absolute Gasteiger partial charge is 0.481 e. The number of aliphatic carboxylic acids is 1. The molecule has 0 atom stereocenters. The zero-order chi connectivity index (χ0) is 14.8. The SMILES string of the molecule is Cn1ccc(-c2nc(-c3ccccc3)c(CC(=O)O)s2)n1. The number of rotatable bonds is 4. The Morgan fingerprint density at radius 1 is 1.29 bits per heavy atom. The predicted molar refractivity (Wildman–Crippen MR) is 81.1 cm³/mol. The Balaban J connectivity index is 2.09. The number of carbonyl (C=O) groups is 1. The molecule has 21 heavy (non-hydrogen) atoms. The van der Waals surface area contributed by atoms with Gasteiger partial charge in [-0.15, -0.1) is 11.3 Å². The summed E-state index contributed by atoms with van der Waals surface area (Å²) in [5, 5.41) is 14.1. The van der Waals surface area contributed by atoms with E-state index >= 15 is 0 Å². The summed E-state index contributed by atoms with van der Waals surface area (Å²) < 4.78 is 1.70. The second kappa shape index (κ2) is 5.49. The van der Waals surface area contributed by atoms with Gasteiger partial charge in [0.25, 0.3) is 0 Å². The minimum absolute atomic E-state index is 0.0330. The number of thiazole rings is 1. The van der Waals surface area contributed by atoms with Crippen molar-refractivity contribution in [2.24, 2.45) is 7.05 Å². The molecule has 0 bridgehead atoms. The summed E-state index contributed by atoms with van der Waals surface area (Å²) in [7, 11) is 1.84. The van der Waals surface area contributed by atoms with Crippen LogP contribution in [0.2, 0.25) is 0 Å². The molecule has 3 rings (SSSR count). The normalized spacial score (nSPS) is 10.7. The molecule has 0 aliphatic heterocycles. The first-order valence-corrected chi connectivity index (χ1v) is 7.22. The quantitative estimate of drug-likeness (QED) is 0.804. The Morgan fingerprint density at radius 2 is 2.05 bits per heavy atom. The van der Waals surface area contributed by atoms with Gasteiger partial charge >= 0.3 is 5.97 Å². The summed E-state index contributed by atoms with van der Waals surface area (Å²) in [5.41, 5.74) is 2.41. The molecule has 1 aromatic carbocycles. The number of aromatic nitrogens is 3. The van der Waals surface area contributed by atoms with Crippen LogP contribution in [0.5, 0.6) is 0 Å². The predicted octanol–water partition coefficient (Wildman–Crippen LogP) is 2.84. The molecule has 0 saturated heterocycles. The molecule has 3 aromatic rings. The Hall–Kier alpha value is -2.47. The zero-order valence-corrected chi connectivity index (χ0v) is 12.2. The molecule has 0 aliphatic rings. The molecule has 2 aromatic heterocycles. The summed E-state index contributed by atoms with van der Waals surface area (Å²) in [4.78, 5) is 16.4. The summed E-state index contributed by atoms with van der Waals surface area (Å²) >= 11 is 1.38. The summed E-state index contributed by atoms with van der Waals surface area (Å²) in [6.45, 7) is 0. The van der Waals surface area contributed by atoms with E-state index in [0.717, 1.165) is 26.8 Å². The first kappa shape index (κ1) is 13.5. The summed E-state index contributed by atoms with van der Waals surface area (Å²) in [6.07, 6.45) is 1.81. The summed E-state index contributed by atoms with van der Waals surface area (Å²) in [5.74, 6) is -0.858. The van der Waals surface area contributed by atoms with E-state index < -0.39 is 5.97 Å². The lowest BCUT2D eigenvalue weighted by atomic mass is 10.1. The van der Waals surface area contributed by atoms with Crippen LogP contribution in [0.15, 0.2) is 42.6 Å². The number of aryl methyl sites for hydroxylation is 1. The number of carboxylic acids is 1. The number of nitrogens with zero attached hydrogens (tertiary/aromatic N) is 3. The third-order valence-corrected chi connectivity index (χ3v) is 4.07. The van der Waals surface area contributed by atoms with Gasteiger partial charge in [-0.3, -0.25) is 9.48 Å². The van der Waals surface area contributed by atoms with Crippen molar-refractivity contribution in [2.45, 2.75) is 6.42 Å². The van der Waals surface area contributed by atoms with Crippen molar-refractivity contribution in [3.8, 4) is 22.0 Å². The van der Waals surface area contributed by atoms with Crippen LogP contribution >= 0.6 is 11.3 Å². The molecule has 0 aliphatic carbocycles. The fourth-order valence-electron chi connectivity index (χ4n) is 2.07. The van der Waals surface area contributed by atoms with Gasteiger partial charge in [-0.25, -0.2) is 4.98 Å². The fraction of sp³-hybridized carbons (Fsp3) is 0.133. The summed E-state index contributed by atoms with van der Waals surface area (Å²) in [6, 6.07) is 11.5. The van der Waals surface area contributed by atoms with Crippen LogP contribution in [-0.2, 0) is 18.3 Å². The molecule has 5 nitrogen and oxygen atoms in total. The van der Waals surface area contributed by atoms with Crippen molar-refractivity contribution < 1.29 is 9.90 Å². The molecule has 2 heterocycles. The lowest BCUT2D eigenvalue weighted by Gasteiger charge is -1.99. The number of hydrogen-bond acceptors (Lipinski definition) is 4. The van der Waals surface area contributed by atoms with Gasteiger partial charge in [-0.1, -0.05) is 30.3 Å². The van der Waals surface area contributed by atoms with Crippen LogP contribution in [-0.4, -0.2) is 25.8 Å². The monoisotopic (exact) mass is 299 g/mol. The van der Waals surface area contributed by atoms with E-state index in [9.17, 15) is 4.79 Å². The number of benzene rings is 1. The van der Waals surface area contributed by atoms with Crippen LogP contribution < -0.4 is 0 Å². The Kier molecular flexibility index (Phi) is 3.53. The molecule has 1 N–H and O–H groups in total. The standard InChI is InChI=1S/C15H13N3O2S/c1-18-8-7-11(17-18)15-16-14(10-5-3-2-4-6-10)12(21-15)9-13(19)20/h2-8H,9H2,1H3,(H,19,20). The van der Waals surface area contributed by atoms with Crippen molar-refractivity contribution in [3.05, 3.63) is 47.5 Å². The highest BCUT2D eigenvalue weighted by Gasteiger charge is 2.17. The van der Waals surface area contributed by atoms with Gasteiger partial charge < -0.3 is 5.11 Å². The van der Waals surface area contributed by atoms with Crippen molar-refractivity contribution in [3.63, 3.8) is 0 Å². The third-order valence-electron chi connectivity index (χ3n) is 2.99. The maximum atomic E-state index is 11.1. The van der Waals surface area contributed by atoms with Crippen molar-refractivity contribution in [1.82, 2.24) is 14.8 Å². The smallest absolute Gasteiger partial charge is 0.308 e. The third kappa shape index (κ3) is 2.85. The maximum absolute atomic E-state index is 11.1. The van der Waals surface area contributed by atoms with Crippen molar-refractivity contribution in [1.29, 1.82) is 0 Å². The minimum atomic E-state index is -0.858. The molecule has 6 heteroatoms. The Labute approximate surface area is 125 Å². The van der Waals surface area contributed by atoms with Gasteiger partial charge in [0.15, 0.2) is 0 Å². The highest BCUT2D eigenvalue weighted by Crippen LogP contribution is 2.33. The van der Waals surface area contributed by atoms with Crippen LogP contribution in [0.4, 0.5) is 0 Å². The van der Waals surface area contributed by atoms with E-state index in [4.69, 9.17) is 5.11 Å². The first-order valence-electron chi connectivity index (χ1n) is 6.40. The van der Waals surface area contributed by atoms with Gasteiger partial charge in [0, 0.05) is 23.7 Å². The van der Waals surface area contributed by atoms with Crippen molar-refractivity contribution in [2.75, 3.05) is 0 Å². The van der Waals surface area contributed by atoms with E-state index in [1.54, 1.807) is 4.68 Å². The molecule has 0 amide bonds. The molecular formula is C15H13N3O2S. The highest BCUT2D eigenvalue weighted by molar-refractivity contribution is 7.15. The molecule has 0 radical (unpaired) electrons.